The topological polar surface area (TPSA) is 64.3 Å². The lowest BCUT2D eigenvalue weighted by Gasteiger charge is -2.39. The normalized spacial score (nSPS) is 17.0. The predicted octanol–water partition coefficient (Wildman–Crippen LogP) is 3.06. The van der Waals surface area contributed by atoms with Gasteiger partial charge in [-0.2, -0.15) is 0 Å². The highest BCUT2D eigenvalue weighted by molar-refractivity contribution is 5.97. The van der Waals surface area contributed by atoms with Crippen LogP contribution in [0.3, 0.4) is 0 Å². The number of nitrogens with one attached hydrogen (secondary N) is 1. The van der Waals surface area contributed by atoms with E-state index in [0.717, 1.165) is 30.5 Å². The Hall–Kier alpha value is -1.55. The third-order valence-electron chi connectivity index (χ3n) is 4.50. The Labute approximate surface area is 127 Å². The third kappa shape index (κ3) is 3.05. The number of hydrogen-bond donors (Lipinski definition) is 2. The number of rotatable bonds is 4. The molecule has 1 saturated carbocycles. The van der Waals surface area contributed by atoms with Crippen molar-refractivity contribution < 1.29 is 9.53 Å². The van der Waals surface area contributed by atoms with Gasteiger partial charge in [-0.1, -0.05) is 33.3 Å². The van der Waals surface area contributed by atoms with Gasteiger partial charge in [0.1, 0.15) is 5.75 Å². The zero-order chi connectivity index (χ0) is 15.7. The maximum absolute atomic E-state index is 12.5. The molecule has 0 spiro atoms. The summed E-state index contributed by atoms with van der Waals surface area (Å²) in [5.41, 5.74) is 7.33. The van der Waals surface area contributed by atoms with Gasteiger partial charge in [-0.15, -0.1) is 0 Å². The summed E-state index contributed by atoms with van der Waals surface area (Å²) in [5.74, 6) is 0.698. The van der Waals surface area contributed by atoms with Crippen LogP contribution >= 0.6 is 0 Å². The molecule has 0 saturated heterocycles. The first-order valence-corrected chi connectivity index (χ1v) is 7.52. The molecular weight excluding hydrogens is 264 g/mol. The van der Waals surface area contributed by atoms with Crippen molar-refractivity contribution in [1.82, 2.24) is 0 Å². The van der Waals surface area contributed by atoms with E-state index in [1.807, 2.05) is 18.2 Å². The Morgan fingerprint density at radius 3 is 2.48 bits per heavy atom. The number of anilines is 1. The molecule has 0 atom stereocenters. The largest absolute Gasteiger partial charge is 0.495 e. The summed E-state index contributed by atoms with van der Waals surface area (Å²) in [4.78, 5) is 12.5. The molecule has 2 rings (SSSR count). The van der Waals surface area contributed by atoms with Crippen LogP contribution in [-0.4, -0.2) is 19.6 Å². The van der Waals surface area contributed by atoms with E-state index in [1.165, 1.54) is 0 Å². The van der Waals surface area contributed by atoms with Crippen LogP contribution in [0.15, 0.2) is 18.2 Å². The van der Waals surface area contributed by atoms with Crippen LogP contribution in [0.1, 0.15) is 45.6 Å². The Morgan fingerprint density at radius 1 is 1.38 bits per heavy atom. The molecule has 1 fully saturated rings. The van der Waals surface area contributed by atoms with E-state index >= 15 is 0 Å². The lowest BCUT2D eigenvalue weighted by Crippen LogP contribution is -2.47. The Morgan fingerprint density at radius 2 is 2.05 bits per heavy atom. The molecular formula is C17H26N2O2. The highest BCUT2D eigenvalue weighted by atomic mass is 16.5. The van der Waals surface area contributed by atoms with Crippen molar-refractivity contribution in [3.05, 3.63) is 23.8 Å². The number of carbonyl (C=O) groups excluding carboxylic acids is 1. The smallest absolute Gasteiger partial charge is 0.231 e. The second kappa shape index (κ2) is 5.68. The van der Waals surface area contributed by atoms with Gasteiger partial charge in [0, 0.05) is 6.54 Å². The van der Waals surface area contributed by atoms with E-state index in [4.69, 9.17) is 10.5 Å². The third-order valence-corrected chi connectivity index (χ3v) is 4.50. The minimum absolute atomic E-state index is 0.0145. The molecule has 1 aromatic rings. The number of methoxy groups -OCH3 is 1. The van der Waals surface area contributed by atoms with Crippen LogP contribution in [-0.2, 0) is 10.2 Å². The average molecular weight is 290 g/mol. The van der Waals surface area contributed by atoms with Crippen LogP contribution < -0.4 is 15.8 Å². The standard InChI is InChI=1S/C17H26N2O2/c1-16(2,3)12-6-7-14(21-4)13(10-12)19-15(20)17(11-18)8-5-9-17/h6-7,10H,5,8-9,11,18H2,1-4H3,(H,19,20). The Balaban J connectivity index is 2.27. The van der Waals surface area contributed by atoms with E-state index in [0.29, 0.717) is 12.3 Å². The summed E-state index contributed by atoms with van der Waals surface area (Å²) in [5, 5.41) is 3.02. The first-order chi connectivity index (χ1) is 9.82. The molecule has 0 aromatic heterocycles. The van der Waals surface area contributed by atoms with Crippen LogP contribution in [0.4, 0.5) is 5.69 Å². The van der Waals surface area contributed by atoms with E-state index in [9.17, 15) is 4.79 Å². The number of benzene rings is 1. The van der Waals surface area contributed by atoms with Crippen molar-refractivity contribution >= 4 is 11.6 Å². The molecule has 1 amide bonds. The van der Waals surface area contributed by atoms with Gasteiger partial charge in [0.25, 0.3) is 0 Å². The van der Waals surface area contributed by atoms with Gasteiger partial charge in [-0.25, -0.2) is 0 Å². The first kappa shape index (κ1) is 15.8. The lowest BCUT2D eigenvalue weighted by atomic mass is 9.68. The van der Waals surface area contributed by atoms with E-state index in [1.54, 1.807) is 7.11 Å². The van der Waals surface area contributed by atoms with Gasteiger partial charge in [0.05, 0.1) is 18.2 Å². The SMILES string of the molecule is COc1ccc(C(C)(C)C)cc1NC(=O)C1(CN)CCC1. The monoisotopic (exact) mass is 290 g/mol. The summed E-state index contributed by atoms with van der Waals surface area (Å²) in [6.07, 6.45) is 2.82. The number of amides is 1. The highest BCUT2D eigenvalue weighted by Gasteiger charge is 2.43. The van der Waals surface area contributed by atoms with E-state index in [-0.39, 0.29) is 16.7 Å². The fraction of sp³-hybridized carbons (Fsp3) is 0.588. The number of ether oxygens (including phenoxy) is 1. The van der Waals surface area contributed by atoms with Gasteiger partial charge in [-0.3, -0.25) is 4.79 Å². The summed E-state index contributed by atoms with van der Waals surface area (Å²) >= 11 is 0. The Bertz CT molecular complexity index is 523. The summed E-state index contributed by atoms with van der Waals surface area (Å²) < 4.78 is 5.37. The van der Waals surface area contributed by atoms with Crippen molar-refractivity contribution in [2.75, 3.05) is 19.0 Å². The van der Waals surface area contributed by atoms with Crippen molar-refractivity contribution in [1.29, 1.82) is 0 Å². The first-order valence-electron chi connectivity index (χ1n) is 7.52. The zero-order valence-corrected chi connectivity index (χ0v) is 13.5. The van der Waals surface area contributed by atoms with Gasteiger partial charge < -0.3 is 15.8 Å². The molecule has 0 radical (unpaired) electrons. The number of hydrogen-bond acceptors (Lipinski definition) is 3. The quantitative estimate of drug-likeness (QED) is 0.895. The molecule has 3 N–H and O–H groups in total. The number of carbonyl (C=O) groups is 1. The number of nitrogens with two attached hydrogens (primary N) is 1. The maximum atomic E-state index is 12.5. The lowest BCUT2D eigenvalue weighted by molar-refractivity contribution is -0.129. The molecule has 1 aliphatic rings. The van der Waals surface area contributed by atoms with Crippen molar-refractivity contribution in [3.8, 4) is 5.75 Å². The molecule has 0 aliphatic heterocycles. The highest BCUT2D eigenvalue weighted by Crippen LogP contribution is 2.41. The van der Waals surface area contributed by atoms with Gasteiger partial charge in [0.15, 0.2) is 0 Å². The molecule has 1 aliphatic carbocycles. The van der Waals surface area contributed by atoms with Crippen LogP contribution in [0.2, 0.25) is 0 Å². The van der Waals surface area contributed by atoms with Gasteiger partial charge in [-0.05, 0) is 36.0 Å². The second-order valence-electron chi connectivity index (χ2n) is 6.96. The zero-order valence-electron chi connectivity index (χ0n) is 13.5. The molecule has 4 heteroatoms. The summed E-state index contributed by atoms with van der Waals surface area (Å²) in [6.45, 7) is 6.84. The fourth-order valence-corrected chi connectivity index (χ4v) is 2.65. The van der Waals surface area contributed by atoms with Crippen LogP contribution in [0.25, 0.3) is 0 Å². The minimum atomic E-state index is -0.386. The van der Waals surface area contributed by atoms with E-state index in [2.05, 4.69) is 26.1 Å². The molecule has 116 valence electrons. The summed E-state index contributed by atoms with van der Waals surface area (Å²) in [6, 6.07) is 5.95. The van der Waals surface area contributed by atoms with Crippen LogP contribution in [0.5, 0.6) is 5.75 Å². The molecule has 1 aromatic carbocycles. The van der Waals surface area contributed by atoms with E-state index < -0.39 is 0 Å². The predicted molar refractivity (Wildman–Crippen MR) is 85.7 cm³/mol. The maximum Gasteiger partial charge on any atom is 0.231 e. The molecule has 0 unspecified atom stereocenters. The summed E-state index contributed by atoms with van der Waals surface area (Å²) in [7, 11) is 1.61. The molecule has 0 heterocycles. The van der Waals surface area contributed by atoms with Gasteiger partial charge >= 0.3 is 0 Å². The molecule has 0 bridgehead atoms. The van der Waals surface area contributed by atoms with Crippen molar-refractivity contribution in [2.45, 2.75) is 45.4 Å². The molecule has 4 nitrogen and oxygen atoms in total. The Kier molecular flexibility index (Phi) is 4.28. The minimum Gasteiger partial charge on any atom is -0.495 e. The fourth-order valence-electron chi connectivity index (χ4n) is 2.65. The van der Waals surface area contributed by atoms with Gasteiger partial charge in [0.2, 0.25) is 5.91 Å². The van der Waals surface area contributed by atoms with Crippen molar-refractivity contribution in [2.24, 2.45) is 11.1 Å². The molecule has 21 heavy (non-hydrogen) atoms. The van der Waals surface area contributed by atoms with Crippen molar-refractivity contribution in [3.63, 3.8) is 0 Å². The van der Waals surface area contributed by atoms with Crippen LogP contribution in [0, 0.1) is 5.41 Å². The second-order valence-corrected chi connectivity index (χ2v) is 6.96. The average Bonchev–Trinajstić information content (AvgIpc) is 2.37.